The molecule has 0 radical (unpaired) electrons. The molecule has 1 aromatic rings. The Morgan fingerprint density at radius 2 is 1.44 bits per heavy atom. The van der Waals surface area contributed by atoms with E-state index in [2.05, 4.69) is 57.1 Å². The van der Waals surface area contributed by atoms with Gasteiger partial charge in [0.1, 0.15) is 0 Å². The molecule has 0 heterocycles. The van der Waals surface area contributed by atoms with E-state index >= 15 is 0 Å². The van der Waals surface area contributed by atoms with Crippen molar-refractivity contribution in [1.29, 1.82) is 0 Å². The zero-order chi connectivity index (χ0) is 12.0. The number of benzene rings is 1. The maximum absolute atomic E-state index is 2.30. The molecule has 0 aliphatic rings. The molecule has 0 aliphatic heterocycles. The summed E-state index contributed by atoms with van der Waals surface area (Å²) < 4.78 is 0. The fourth-order valence-corrected chi connectivity index (χ4v) is 2.22. The zero-order valence-electron chi connectivity index (χ0n) is 11.2. The minimum absolute atomic E-state index is 0.756. The van der Waals surface area contributed by atoms with Crippen molar-refractivity contribution < 1.29 is 0 Å². The minimum atomic E-state index is 0.756. The van der Waals surface area contributed by atoms with Gasteiger partial charge in [-0.1, -0.05) is 38.8 Å². The van der Waals surface area contributed by atoms with Crippen LogP contribution in [0.5, 0.6) is 0 Å². The fraction of sp³-hybridized carbons (Fsp3) is 0.600. The molecule has 0 fully saturated rings. The van der Waals surface area contributed by atoms with Crippen molar-refractivity contribution in [3.05, 3.63) is 29.8 Å². The second kappa shape index (κ2) is 6.57. The van der Waals surface area contributed by atoms with E-state index in [9.17, 15) is 0 Å². The van der Waals surface area contributed by atoms with Crippen LogP contribution in [0.4, 0.5) is 5.69 Å². The van der Waals surface area contributed by atoms with E-state index in [-0.39, 0.29) is 0 Å². The standard InChI is InChI=1S/C15H25N/c1-5-7-13(8-6-2)14-9-11-15(12-10-14)16(3)4/h9-13H,5-8H2,1-4H3. The Bertz CT molecular complexity index is 281. The summed E-state index contributed by atoms with van der Waals surface area (Å²) in [4.78, 5) is 2.15. The lowest BCUT2D eigenvalue weighted by Gasteiger charge is -2.18. The third-order valence-electron chi connectivity index (χ3n) is 3.16. The molecule has 1 aromatic carbocycles. The monoisotopic (exact) mass is 219 g/mol. The van der Waals surface area contributed by atoms with Gasteiger partial charge in [0.05, 0.1) is 0 Å². The average molecular weight is 219 g/mol. The van der Waals surface area contributed by atoms with Gasteiger partial charge in [0.15, 0.2) is 0 Å². The van der Waals surface area contributed by atoms with E-state index in [4.69, 9.17) is 0 Å². The van der Waals surface area contributed by atoms with Crippen LogP contribution in [-0.2, 0) is 0 Å². The van der Waals surface area contributed by atoms with Crippen LogP contribution >= 0.6 is 0 Å². The molecule has 0 saturated carbocycles. The van der Waals surface area contributed by atoms with E-state index in [1.165, 1.54) is 36.9 Å². The number of hydrogen-bond acceptors (Lipinski definition) is 1. The molecule has 16 heavy (non-hydrogen) atoms. The van der Waals surface area contributed by atoms with Gasteiger partial charge in [-0.2, -0.15) is 0 Å². The Balaban J connectivity index is 2.76. The summed E-state index contributed by atoms with van der Waals surface area (Å²) in [5.74, 6) is 0.756. The normalized spacial score (nSPS) is 10.8. The van der Waals surface area contributed by atoms with Crippen molar-refractivity contribution in [2.24, 2.45) is 0 Å². The maximum atomic E-state index is 2.30. The summed E-state index contributed by atoms with van der Waals surface area (Å²) >= 11 is 0. The molecule has 0 saturated heterocycles. The molecule has 90 valence electrons. The molecule has 1 nitrogen and oxygen atoms in total. The topological polar surface area (TPSA) is 3.24 Å². The highest BCUT2D eigenvalue weighted by atomic mass is 15.1. The van der Waals surface area contributed by atoms with Crippen molar-refractivity contribution in [1.82, 2.24) is 0 Å². The molecule has 0 aliphatic carbocycles. The summed E-state index contributed by atoms with van der Waals surface area (Å²) in [5.41, 5.74) is 2.80. The van der Waals surface area contributed by atoms with Crippen LogP contribution < -0.4 is 4.90 Å². The predicted octanol–water partition coefficient (Wildman–Crippen LogP) is 4.44. The van der Waals surface area contributed by atoms with Gasteiger partial charge < -0.3 is 4.90 Å². The molecular weight excluding hydrogens is 194 g/mol. The van der Waals surface area contributed by atoms with Crippen molar-refractivity contribution >= 4 is 5.69 Å². The summed E-state index contributed by atoms with van der Waals surface area (Å²) in [7, 11) is 4.18. The first kappa shape index (κ1) is 13.1. The lowest BCUT2D eigenvalue weighted by Crippen LogP contribution is -2.08. The molecule has 0 amide bonds. The lowest BCUT2D eigenvalue weighted by molar-refractivity contribution is 0.561. The van der Waals surface area contributed by atoms with Crippen LogP contribution in [0.2, 0.25) is 0 Å². The highest BCUT2D eigenvalue weighted by molar-refractivity contribution is 5.46. The Hall–Kier alpha value is -0.980. The van der Waals surface area contributed by atoms with Crippen LogP contribution in [0.1, 0.15) is 51.0 Å². The Labute approximate surface area is 100 Å². The number of hydrogen-bond donors (Lipinski definition) is 0. The minimum Gasteiger partial charge on any atom is -0.378 e. The Kier molecular flexibility index (Phi) is 5.37. The van der Waals surface area contributed by atoms with Crippen molar-refractivity contribution in [3.63, 3.8) is 0 Å². The largest absolute Gasteiger partial charge is 0.378 e. The zero-order valence-corrected chi connectivity index (χ0v) is 11.2. The van der Waals surface area contributed by atoms with Crippen molar-refractivity contribution in [2.75, 3.05) is 19.0 Å². The third kappa shape index (κ3) is 3.55. The van der Waals surface area contributed by atoms with Crippen LogP contribution in [0.25, 0.3) is 0 Å². The van der Waals surface area contributed by atoms with Crippen LogP contribution in [0.3, 0.4) is 0 Å². The average Bonchev–Trinajstić information content (AvgIpc) is 2.29. The number of anilines is 1. The van der Waals surface area contributed by atoms with Gasteiger partial charge in [-0.3, -0.25) is 0 Å². The van der Waals surface area contributed by atoms with Gasteiger partial charge in [-0.25, -0.2) is 0 Å². The van der Waals surface area contributed by atoms with Gasteiger partial charge in [0.2, 0.25) is 0 Å². The molecule has 0 atom stereocenters. The SMILES string of the molecule is CCCC(CCC)c1ccc(N(C)C)cc1. The molecule has 1 heteroatoms. The first-order chi connectivity index (χ1) is 7.69. The van der Waals surface area contributed by atoms with Gasteiger partial charge in [-0.15, -0.1) is 0 Å². The third-order valence-corrected chi connectivity index (χ3v) is 3.16. The summed E-state index contributed by atoms with van der Waals surface area (Å²) in [6.45, 7) is 4.55. The summed E-state index contributed by atoms with van der Waals surface area (Å²) in [5, 5.41) is 0. The van der Waals surface area contributed by atoms with Gasteiger partial charge in [0, 0.05) is 19.8 Å². The molecule has 0 bridgehead atoms. The first-order valence-electron chi connectivity index (χ1n) is 6.46. The van der Waals surface area contributed by atoms with E-state index in [0.717, 1.165) is 5.92 Å². The quantitative estimate of drug-likeness (QED) is 0.684. The smallest absolute Gasteiger partial charge is 0.0361 e. The number of nitrogens with zero attached hydrogens (tertiary/aromatic N) is 1. The highest BCUT2D eigenvalue weighted by Crippen LogP contribution is 2.27. The van der Waals surface area contributed by atoms with E-state index in [1.807, 2.05) is 0 Å². The lowest BCUT2D eigenvalue weighted by atomic mass is 9.90. The molecule has 1 rings (SSSR count). The summed E-state index contributed by atoms with van der Waals surface area (Å²) in [6, 6.07) is 9.05. The maximum Gasteiger partial charge on any atom is 0.0361 e. The second-order valence-electron chi connectivity index (χ2n) is 4.76. The molecule has 0 aromatic heterocycles. The predicted molar refractivity (Wildman–Crippen MR) is 73.3 cm³/mol. The van der Waals surface area contributed by atoms with E-state index in [1.54, 1.807) is 0 Å². The van der Waals surface area contributed by atoms with Gasteiger partial charge >= 0.3 is 0 Å². The summed E-state index contributed by atoms with van der Waals surface area (Å²) in [6.07, 6.45) is 5.19. The molecule has 0 unspecified atom stereocenters. The van der Waals surface area contributed by atoms with Gasteiger partial charge in [-0.05, 0) is 36.5 Å². The molecule has 0 N–H and O–H groups in total. The Morgan fingerprint density at radius 1 is 0.938 bits per heavy atom. The molecule has 0 spiro atoms. The highest BCUT2D eigenvalue weighted by Gasteiger charge is 2.09. The van der Waals surface area contributed by atoms with E-state index in [0.29, 0.717) is 0 Å². The number of rotatable bonds is 6. The Morgan fingerprint density at radius 3 is 1.81 bits per heavy atom. The second-order valence-corrected chi connectivity index (χ2v) is 4.76. The van der Waals surface area contributed by atoms with Gasteiger partial charge in [0.25, 0.3) is 0 Å². The fourth-order valence-electron chi connectivity index (χ4n) is 2.22. The van der Waals surface area contributed by atoms with Crippen molar-refractivity contribution in [3.8, 4) is 0 Å². The van der Waals surface area contributed by atoms with Crippen LogP contribution in [0, 0.1) is 0 Å². The van der Waals surface area contributed by atoms with E-state index < -0.39 is 0 Å². The molecular formula is C15H25N. The van der Waals surface area contributed by atoms with Crippen LogP contribution in [-0.4, -0.2) is 14.1 Å². The first-order valence-corrected chi connectivity index (χ1v) is 6.46. The van der Waals surface area contributed by atoms with Crippen LogP contribution in [0.15, 0.2) is 24.3 Å². The van der Waals surface area contributed by atoms with Crippen molar-refractivity contribution in [2.45, 2.75) is 45.4 Å².